The van der Waals surface area contributed by atoms with Crippen LogP contribution in [0.5, 0.6) is 0 Å². The number of hydrogen-bond acceptors (Lipinski definition) is 3. The molecule has 2 fully saturated rings. The molecule has 0 aliphatic carbocycles. The first-order valence-corrected chi connectivity index (χ1v) is 7.63. The fourth-order valence-electron chi connectivity index (χ4n) is 2.88. The summed E-state index contributed by atoms with van der Waals surface area (Å²) >= 11 is 0. The van der Waals surface area contributed by atoms with E-state index in [2.05, 4.69) is 12.2 Å². The third kappa shape index (κ3) is 4.35. The molecule has 0 aromatic carbocycles. The van der Waals surface area contributed by atoms with E-state index in [4.69, 9.17) is 4.74 Å². The SMILES string of the molecule is CCCN(CC1CCCNC1)C(=O)N1CCOCC1. The van der Waals surface area contributed by atoms with Crippen LogP contribution in [0.4, 0.5) is 4.79 Å². The van der Waals surface area contributed by atoms with E-state index >= 15 is 0 Å². The molecule has 1 unspecified atom stereocenters. The lowest BCUT2D eigenvalue weighted by molar-refractivity contribution is 0.0415. The van der Waals surface area contributed by atoms with Gasteiger partial charge in [-0.05, 0) is 38.3 Å². The van der Waals surface area contributed by atoms with Gasteiger partial charge in [0.15, 0.2) is 0 Å². The summed E-state index contributed by atoms with van der Waals surface area (Å²) in [5, 5.41) is 3.43. The van der Waals surface area contributed by atoms with Gasteiger partial charge in [-0.1, -0.05) is 6.92 Å². The maximum Gasteiger partial charge on any atom is 0.320 e. The lowest BCUT2D eigenvalue weighted by Gasteiger charge is -2.35. The Bertz CT molecular complexity index is 274. The van der Waals surface area contributed by atoms with Crippen LogP contribution in [0.25, 0.3) is 0 Å². The van der Waals surface area contributed by atoms with Crippen molar-refractivity contribution in [3.8, 4) is 0 Å². The average molecular weight is 269 g/mol. The molecule has 0 radical (unpaired) electrons. The maximum atomic E-state index is 12.5. The topological polar surface area (TPSA) is 44.8 Å². The second-order valence-corrected chi connectivity index (χ2v) is 5.54. The molecule has 110 valence electrons. The third-order valence-electron chi connectivity index (χ3n) is 3.92. The molecular weight excluding hydrogens is 242 g/mol. The molecule has 0 saturated carbocycles. The number of amides is 2. The zero-order valence-corrected chi connectivity index (χ0v) is 12.1. The molecule has 0 bridgehead atoms. The van der Waals surface area contributed by atoms with Crippen molar-refractivity contribution in [1.82, 2.24) is 15.1 Å². The van der Waals surface area contributed by atoms with E-state index in [-0.39, 0.29) is 6.03 Å². The Kier molecular flexibility index (Phi) is 5.92. The molecule has 2 aliphatic rings. The van der Waals surface area contributed by atoms with Gasteiger partial charge in [0, 0.05) is 26.2 Å². The summed E-state index contributed by atoms with van der Waals surface area (Å²) in [4.78, 5) is 16.5. The van der Waals surface area contributed by atoms with Gasteiger partial charge in [-0.15, -0.1) is 0 Å². The largest absolute Gasteiger partial charge is 0.378 e. The summed E-state index contributed by atoms with van der Waals surface area (Å²) < 4.78 is 5.32. The number of carbonyl (C=O) groups is 1. The number of piperidine rings is 1. The first-order valence-electron chi connectivity index (χ1n) is 7.63. The molecule has 2 rings (SSSR count). The van der Waals surface area contributed by atoms with E-state index in [1.807, 2.05) is 9.80 Å². The number of ether oxygens (including phenoxy) is 1. The smallest absolute Gasteiger partial charge is 0.320 e. The molecule has 2 aliphatic heterocycles. The quantitative estimate of drug-likeness (QED) is 0.833. The lowest BCUT2D eigenvalue weighted by atomic mass is 9.99. The van der Waals surface area contributed by atoms with Gasteiger partial charge in [-0.25, -0.2) is 4.79 Å². The molecule has 1 N–H and O–H groups in total. The van der Waals surface area contributed by atoms with Crippen LogP contribution in [-0.4, -0.2) is 68.3 Å². The lowest BCUT2D eigenvalue weighted by Crippen LogP contribution is -2.50. The summed E-state index contributed by atoms with van der Waals surface area (Å²) in [6.45, 7) is 8.91. The highest BCUT2D eigenvalue weighted by Gasteiger charge is 2.25. The Labute approximate surface area is 116 Å². The second kappa shape index (κ2) is 7.70. The standard InChI is InChI=1S/C14H27N3O2/c1-2-6-17(12-13-4-3-5-15-11-13)14(18)16-7-9-19-10-8-16/h13,15H,2-12H2,1H3. The summed E-state index contributed by atoms with van der Waals surface area (Å²) in [6.07, 6.45) is 3.50. The summed E-state index contributed by atoms with van der Waals surface area (Å²) in [5.41, 5.74) is 0. The van der Waals surface area contributed by atoms with E-state index in [1.165, 1.54) is 12.8 Å². The fraction of sp³-hybridized carbons (Fsp3) is 0.929. The van der Waals surface area contributed by atoms with Gasteiger partial charge in [0.2, 0.25) is 0 Å². The molecule has 0 aromatic rings. The Morgan fingerprint density at radius 3 is 2.84 bits per heavy atom. The minimum absolute atomic E-state index is 0.204. The Balaban J connectivity index is 1.87. The zero-order valence-electron chi connectivity index (χ0n) is 12.1. The van der Waals surface area contributed by atoms with Crippen LogP contribution in [0.15, 0.2) is 0 Å². The number of rotatable bonds is 4. The Hall–Kier alpha value is -0.810. The average Bonchev–Trinajstić information content (AvgIpc) is 2.48. The van der Waals surface area contributed by atoms with Gasteiger partial charge in [-0.2, -0.15) is 0 Å². The first kappa shape index (κ1) is 14.6. The Morgan fingerprint density at radius 2 is 2.21 bits per heavy atom. The second-order valence-electron chi connectivity index (χ2n) is 5.54. The van der Waals surface area contributed by atoms with E-state index < -0.39 is 0 Å². The predicted molar refractivity (Wildman–Crippen MR) is 75.2 cm³/mol. The molecule has 2 saturated heterocycles. The number of morpholine rings is 1. The van der Waals surface area contributed by atoms with Crippen LogP contribution in [0, 0.1) is 5.92 Å². The van der Waals surface area contributed by atoms with E-state index in [1.54, 1.807) is 0 Å². The van der Waals surface area contributed by atoms with Gasteiger partial charge in [0.25, 0.3) is 0 Å². The number of carbonyl (C=O) groups excluding carboxylic acids is 1. The van der Waals surface area contributed by atoms with Crippen molar-refractivity contribution in [1.29, 1.82) is 0 Å². The van der Waals surface area contributed by atoms with Crippen molar-refractivity contribution >= 4 is 6.03 Å². The van der Waals surface area contributed by atoms with Crippen molar-refractivity contribution in [2.75, 3.05) is 52.5 Å². The monoisotopic (exact) mass is 269 g/mol. The van der Waals surface area contributed by atoms with E-state index in [0.717, 1.165) is 45.7 Å². The Morgan fingerprint density at radius 1 is 1.42 bits per heavy atom. The fourth-order valence-corrected chi connectivity index (χ4v) is 2.88. The van der Waals surface area contributed by atoms with Gasteiger partial charge >= 0.3 is 6.03 Å². The van der Waals surface area contributed by atoms with Crippen LogP contribution < -0.4 is 5.32 Å². The summed E-state index contributed by atoms with van der Waals surface area (Å²) in [6, 6.07) is 0.204. The highest BCUT2D eigenvalue weighted by molar-refractivity contribution is 5.74. The summed E-state index contributed by atoms with van der Waals surface area (Å²) in [5.74, 6) is 0.616. The third-order valence-corrected chi connectivity index (χ3v) is 3.92. The predicted octanol–water partition coefficient (Wildman–Crippen LogP) is 1.15. The van der Waals surface area contributed by atoms with Crippen LogP contribution in [0.2, 0.25) is 0 Å². The molecule has 5 heteroatoms. The number of nitrogens with one attached hydrogen (secondary N) is 1. The maximum absolute atomic E-state index is 12.5. The van der Waals surface area contributed by atoms with Crippen LogP contribution >= 0.6 is 0 Å². The number of urea groups is 1. The van der Waals surface area contributed by atoms with Crippen molar-refractivity contribution in [2.45, 2.75) is 26.2 Å². The molecule has 0 spiro atoms. The highest BCUT2D eigenvalue weighted by atomic mass is 16.5. The van der Waals surface area contributed by atoms with E-state index in [9.17, 15) is 4.79 Å². The minimum Gasteiger partial charge on any atom is -0.378 e. The van der Waals surface area contributed by atoms with Crippen molar-refractivity contribution in [3.63, 3.8) is 0 Å². The van der Waals surface area contributed by atoms with Crippen LogP contribution in [-0.2, 0) is 4.74 Å². The van der Waals surface area contributed by atoms with E-state index in [0.29, 0.717) is 19.1 Å². The minimum atomic E-state index is 0.204. The number of hydrogen-bond donors (Lipinski definition) is 1. The van der Waals surface area contributed by atoms with Gasteiger partial charge in [-0.3, -0.25) is 0 Å². The molecule has 1 atom stereocenters. The van der Waals surface area contributed by atoms with Crippen LogP contribution in [0.3, 0.4) is 0 Å². The molecule has 0 aromatic heterocycles. The first-order chi connectivity index (χ1) is 9.31. The van der Waals surface area contributed by atoms with Gasteiger partial charge < -0.3 is 19.9 Å². The van der Waals surface area contributed by atoms with Gasteiger partial charge in [0.1, 0.15) is 0 Å². The van der Waals surface area contributed by atoms with Gasteiger partial charge in [0.05, 0.1) is 13.2 Å². The van der Waals surface area contributed by atoms with Crippen LogP contribution in [0.1, 0.15) is 26.2 Å². The highest BCUT2D eigenvalue weighted by Crippen LogP contribution is 2.14. The molecule has 5 nitrogen and oxygen atoms in total. The molecular formula is C14H27N3O2. The normalized spacial score (nSPS) is 24.3. The van der Waals surface area contributed by atoms with Crippen molar-refractivity contribution in [2.24, 2.45) is 5.92 Å². The zero-order chi connectivity index (χ0) is 13.5. The van der Waals surface area contributed by atoms with Crippen molar-refractivity contribution in [3.05, 3.63) is 0 Å². The number of nitrogens with zero attached hydrogens (tertiary/aromatic N) is 2. The summed E-state index contributed by atoms with van der Waals surface area (Å²) in [7, 11) is 0. The molecule has 2 heterocycles. The van der Waals surface area contributed by atoms with Crippen molar-refractivity contribution < 1.29 is 9.53 Å². The molecule has 2 amide bonds. The molecule has 19 heavy (non-hydrogen) atoms.